The molecule has 0 aromatic heterocycles. The van der Waals surface area contributed by atoms with Crippen LogP contribution in [0.15, 0.2) is 12.1 Å². The normalized spacial score (nSPS) is 12.9. The molecule has 0 saturated carbocycles. The van der Waals surface area contributed by atoms with Gasteiger partial charge in [-0.1, -0.05) is 20.8 Å². The first-order valence-corrected chi connectivity index (χ1v) is 8.73. The lowest BCUT2D eigenvalue weighted by Crippen LogP contribution is -2.40. The van der Waals surface area contributed by atoms with E-state index in [0.717, 1.165) is 12.1 Å². The van der Waals surface area contributed by atoms with E-state index in [4.69, 9.17) is 4.43 Å². The molecule has 0 bridgehead atoms. The van der Waals surface area contributed by atoms with E-state index in [2.05, 4.69) is 20.8 Å². The fraction of sp³-hybridized carbons (Fsp3) is 0.538. The van der Waals surface area contributed by atoms with E-state index in [1.54, 1.807) is 0 Å². The Labute approximate surface area is 107 Å². The predicted octanol–water partition coefficient (Wildman–Crippen LogP) is 4.63. The van der Waals surface area contributed by atoms with Crippen molar-refractivity contribution in [2.24, 2.45) is 0 Å². The summed E-state index contributed by atoms with van der Waals surface area (Å²) in [7, 11) is -1.97. The van der Waals surface area contributed by atoms with Gasteiger partial charge < -0.3 is 4.43 Å². The second-order valence-electron chi connectivity index (χ2n) is 5.92. The van der Waals surface area contributed by atoms with E-state index >= 15 is 0 Å². The fourth-order valence-corrected chi connectivity index (χ4v) is 2.13. The van der Waals surface area contributed by atoms with Gasteiger partial charge in [0.1, 0.15) is 0 Å². The Kier molecular flexibility index (Phi) is 4.28. The molecule has 0 spiro atoms. The van der Waals surface area contributed by atoms with Crippen LogP contribution < -0.4 is 0 Å². The first-order chi connectivity index (χ1) is 8.04. The van der Waals surface area contributed by atoms with Crippen molar-refractivity contribution in [2.75, 3.05) is 0 Å². The minimum atomic E-state index is -1.97. The summed E-state index contributed by atoms with van der Waals surface area (Å²) in [5.41, 5.74) is 0.316. The maximum atomic E-state index is 13.0. The van der Waals surface area contributed by atoms with E-state index < -0.39 is 25.8 Å². The molecular weight excluding hydrogens is 257 g/mol. The lowest BCUT2D eigenvalue weighted by atomic mass is 10.2. The molecule has 1 aromatic rings. The minimum absolute atomic E-state index is 0.0180. The molecule has 0 unspecified atom stereocenters. The first-order valence-electron chi connectivity index (χ1n) is 5.82. The zero-order valence-corrected chi connectivity index (χ0v) is 12.4. The molecule has 0 atom stereocenters. The summed E-state index contributed by atoms with van der Waals surface area (Å²) in [5, 5.41) is 0.0180. The van der Waals surface area contributed by atoms with E-state index in [1.165, 1.54) is 0 Å². The lowest BCUT2D eigenvalue weighted by Gasteiger charge is -2.36. The summed E-state index contributed by atoms with van der Waals surface area (Å²) in [5.74, 6) is -3.79. The summed E-state index contributed by atoms with van der Waals surface area (Å²) < 4.78 is 44.7. The largest absolute Gasteiger partial charge is 0.413 e. The maximum Gasteiger partial charge on any atom is 0.194 e. The third-order valence-electron chi connectivity index (χ3n) is 3.45. The van der Waals surface area contributed by atoms with Crippen molar-refractivity contribution in [3.8, 4) is 0 Å². The predicted molar refractivity (Wildman–Crippen MR) is 68.3 cm³/mol. The van der Waals surface area contributed by atoms with Crippen molar-refractivity contribution in [1.82, 2.24) is 0 Å². The van der Waals surface area contributed by atoms with Crippen LogP contribution in [0.2, 0.25) is 18.1 Å². The number of halogens is 3. The third kappa shape index (κ3) is 3.35. The Hall–Kier alpha value is -0.813. The van der Waals surface area contributed by atoms with Crippen LogP contribution in [-0.4, -0.2) is 8.32 Å². The van der Waals surface area contributed by atoms with Crippen LogP contribution in [0.1, 0.15) is 26.3 Å². The Morgan fingerprint density at radius 1 is 1.06 bits per heavy atom. The topological polar surface area (TPSA) is 9.23 Å². The lowest BCUT2D eigenvalue weighted by molar-refractivity contribution is 0.274. The molecule has 0 N–H and O–H groups in total. The minimum Gasteiger partial charge on any atom is -0.413 e. The van der Waals surface area contributed by atoms with Crippen molar-refractivity contribution in [3.63, 3.8) is 0 Å². The van der Waals surface area contributed by atoms with Gasteiger partial charge in [-0.3, -0.25) is 0 Å². The number of hydrogen-bond donors (Lipinski definition) is 0. The van der Waals surface area contributed by atoms with Gasteiger partial charge in [-0.15, -0.1) is 0 Å². The summed E-state index contributed by atoms with van der Waals surface area (Å²) in [6.45, 7) is 10.4. The van der Waals surface area contributed by atoms with E-state index in [-0.39, 0.29) is 11.6 Å². The second-order valence-corrected chi connectivity index (χ2v) is 10.7. The summed E-state index contributed by atoms with van der Waals surface area (Å²) >= 11 is 0. The highest BCUT2D eigenvalue weighted by molar-refractivity contribution is 6.74. The smallest absolute Gasteiger partial charge is 0.194 e. The van der Waals surface area contributed by atoms with Crippen LogP contribution in [0, 0.1) is 17.5 Å². The van der Waals surface area contributed by atoms with Crippen LogP contribution in [0.4, 0.5) is 13.2 Å². The Bertz CT molecular complexity index is 415. The average molecular weight is 276 g/mol. The summed E-state index contributed by atoms with van der Waals surface area (Å²) in [6.07, 6.45) is 0. The number of benzene rings is 1. The van der Waals surface area contributed by atoms with Crippen LogP contribution in [0.5, 0.6) is 0 Å². The molecule has 0 aliphatic heterocycles. The molecule has 1 aromatic carbocycles. The number of rotatable bonds is 3. The molecular formula is C13H19F3OSi. The van der Waals surface area contributed by atoms with Gasteiger partial charge in [0.05, 0.1) is 6.61 Å². The Balaban J connectivity index is 2.82. The SMILES string of the molecule is CC(C)(C)[Si](C)(C)OCc1cc(F)c(F)c(F)c1. The molecule has 1 rings (SSSR count). The van der Waals surface area contributed by atoms with Crippen LogP contribution >= 0.6 is 0 Å². The molecule has 0 radical (unpaired) electrons. The van der Waals surface area contributed by atoms with Gasteiger partial charge in [0, 0.05) is 0 Å². The highest BCUT2D eigenvalue weighted by atomic mass is 28.4. The number of hydrogen-bond acceptors (Lipinski definition) is 1. The van der Waals surface area contributed by atoms with Crippen LogP contribution in [-0.2, 0) is 11.0 Å². The third-order valence-corrected chi connectivity index (χ3v) is 7.93. The van der Waals surface area contributed by atoms with Crippen molar-refractivity contribution in [3.05, 3.63) is 35.1 Å². The van der Waals surface area contributed by atoms with Gasteiger partial charge >= 0.3 is 0 Å². The molecule has 0 amide bonds. The summed E-state index contributed by atoms with van der Waals surface area (Å²) in [6, 6.07) is 1.96. The van der Waals surface area contributed by atoms with Crippen molar-refractivity contribution >= 4 is 8.32 Å². The fourth-order valence-electron chi connectivity index (χ4n) is 1.17. The molecule has 0 heterocycles. The van der Waals surface area contributed by atoms with Crippen molar-refractivity contribution in [1.29, 1.82) is 0 Å². The first kappa shape index (κ1) is 15.2. The van der Waals surface area contributed by atoms with E-state index in [1.807, 2.05) is 13.1 Å². The average Bonchev–Trinajstić information content (AvgIpc) is 2.21. The maximum absolute atomic E-state index is 13.0. The van der Waals surface area contributed by atoms with Gasteiger partial charge in [-0.25, -0.2) is 13.2 Å². The van der Waals surface area contributed by atoms with E-state index in [0.29, 0.717) is 5.56 Å². The van der Waals surface area contributed by atoms with Gasteiger partial charge in [-0.2, -0.15) is 0 Å². The molecule has 0 saturated heterocycles. The highest BCUT2D eigenvalue weighted by Gasteiger charge is 2.37. The van der Waals surface area contributed by atoms with Gasteiger partial charge in [0.2, 0.25) is 0 Å². The monoisotopic (exact) mass is 276 g/mol. The highest BCUT2D eigenvalue weighted by Crippen LogP contribution is 2.37. The van der Waals surface area contributed by atoms with Crippen molar-refractivity contribution in [2.45, 2.75) is 45.5 Å². The van der Waals surface area contributed by atoms with Gasteiger partial charge in [0.15, 0.2) is 25.8 Å². The van der Waals surface area contributed by atoms with Crippen LogP contribution in [0.25, 0.3) is 0 Å². The summed E-state index contributed by atoms with van der Waals surface area (Å²) in [4.78, 5) is 0. The standard InChI is InChI=1S/C13H19F3OSi/c1-13(2,3)18(4,5)17-8-9-6-10(14)12(16)11(15)7-9/h6-7H,8H2,1-5H3. The van der Waals surface area contributed by atoms with Gasteiger partial charge in [0.25, 0.3) is 0 Å². The zero-order valence-electron chi connectivity index (χ0n) is 11.4. The molecule has 0 aliphatic carbocycles. The van der Waals surface area contributed by atoms with Gasteiger partial charge in [-0.05, 0) is 35.8 Å². The quantitative estimate of drug-likeness (QED) is 0.578. The Morgan fingerprint density at radius 3 is 1.89 bits per heavy atom. The molecule has 102 valence electrons. The molecule has 18 heavy (non-hydrogen) atoms. The van der Waals surface area contributed by atoms with Crippen molar-refractivity contribution < 1.29 is 17.6 Å². The second kappa shape index (κ2) is 5.05. The zero-order chi connectivity index (χ0) is 14.1. The molecule has 0 aliphatic rings. The Morgan fingerprint density at radius 2 is 1.50 bits per heavy atom. The van der Waals surface area contributed by atoms with Crippen LogP contribution in [0.3, 0.4) is 0 Å². The molecule has 0 fully saturated rings. The van der Waals surface area contributed by atoms with E-state index in [9.17, 15) is 13.2 Å². The molecule has 5 heteroatoms. The molecule has 1 nitrogen and oxygen atoms in total.